The second kappa shape index (κ2) is 6.96. The number of alkyl halides is 3. The largest absolute Gasteiger partial charge is 0.436 e. The zero-order valence-electron chi connectivity index (χ0n) is 15.5. The molecule has 6 nitrogen and oxygen atoms in total. The highest BCUT2D eigenvalue weighted by molar-refractivity contribution is 9.10. The van der Waals surface area contributed by atoms with Gasteiger partial charge >= 0.3 is 6.18 Å². The monoisotopic (exact) mass is 447 g/mol. The Kier molecular flexibility index (Phi) is 5.13. The number of carbonyl (C=O) groups is 1. The quantitative estimate of drug-likeness (QED) is 0.700. The maximum Gasteiger partial charge on any atom is 0.436 e. The van der Waals surface area contributed by atoms with Gasteiger partial charge in [0, 0.05) is 38.3 Å². The average molecular weight is 448 g/mol. The van der Waals surface area contributed by atoms with E-state index in [0.29, 0.717) is 12.2 Å². The number of nitrogens with zero attached hydrogens (tertiary/aromatic N) is 5. The van der Waals surface area contributed by atoms with Crippen LogP contribution in [0.15, 0.2) is 10.7 Å². The van der Waals surface area contributed by atoms with E-state index in [0.717, 1.165) is 24.1 Å². The third kappa shape index (κ3) is 3.90. The minimum absolute atomic E-state index is 0.00380. The summed E-state index contributed by atoms with van der Waals surface area (Å²) in [4.78, 5) is 14.4. The van der Waals surface area contributed by atoms with Gasteiger partial charge in [0.2, 0.25) is 5.91 Å². The molecule has 1 amide bonds. The summed E-state index contributed by atoms with van der Waals surface area (Å²) in [5, 5.41) is 8.00. The first-order chi connectivity index (χ1) is 12.5. The van der Waals surface area contributed by atoms with Crippen molar-refractivity contribution >= 4 is 21.8 Å². The third-order valence-corrected chi connectivity index (χ3v) is 5.52. The number of aryl methyl sites for hydroxylation is 2. The number of halogens is 4. The number of hydrogen-bond donors (Lipinski definition) is 0. The maximum atomic E-state index is 13.3. The molecule has 1 fully saturated rings. The highest BCUT2D eigenvalue weighted by Crippen LogP contribution is 2.47. The summed E-state index contributed by atoms with van der Waals surface area (Å²) in [6.45, 7) is 3.76. The van der Waals surface area contributed by atoms with Gasteiger partial charge in [0.25, 0.3) is 0 Å². The molecule has 2 aromatic rings. The van der Waals surface area contributed by atoms with Crippen molar-refractivity contribution in [2.24, 2.45) is 7.05 Å². The molecule has 0 spiro atoms. The molecule has 0 radical (unpaired) electrons. The predicted octanol–water partition coefficient (Wildman–Crippen LogP) is 3.80. The lowest BCUT2D eigenvalue weighted by Gasteiger charge is -2.23. The Morgan fingerprint density at radius 1 is 1.41 bits per heavy atom. The molecule has 0 N–H and O–H groups in total. The molecule has 3 rings (SSSR count). The van der Waals surface area contributed by atoms with Crippen LogP contribution in [0.5, 0.6) is 0 Å². The Balaban J connectivity index is 1.87. The normalized spacial score (nSPS) is 15.9. The molecule has 1 saturated carbocycles. The second-order valence-corrected chi connectivity index (χ2v) is 7.84. The molecule has 0 saturated heterocycles. The minimum atomic E-state index is -4.57. The van der Waals surface area contributed by atoms with Gasteiger partial charge < -0.3 is 4.90 Å². The first-order valence-electron chi connectivity index (χ1n) is 8.59. The third-order valence-electron chi connectivity index (χ3n) is 4.74. The van der Waals surface area contributed by atoms with Crippen molar-refractivity contribution in [1.82, 2.24) is 24.5 Å². The van der Waals surface area contributed by atoms with E-state index in [-0.39, 0.29) is 16.3 Å². The van der Waals surface area contributed by atoms with Crippen LogP contribution in [0.4, 0.5) is 13.2 Å². The number of aromatic nitrogens is 4. The van der Waals surface area contributed by atoms with Crippen LogP contribution in [0.25, 0.3) is 0 Å². The Bertz CT molecular complexity index is 869. The van der Waals surface area contributed by atoms with Crippen LogP contribution in [0, 0.1) is 6.92 Å². The highest BCUT2D eigenvalue weighted by Gasteiger charge is 2.43. The molecule has 0 aliphatic heterocycles. The van der Waals surface area contributed by atoms with Crippen molar-refractivity contribution < 1.29 is 18.0 Å². The Hall–Kier alpha value is -1.84. The first-order valence-corrected chi connectivity index (χ1v) is 9.39. The average Bonchev–Trinajstić information content (AvgIpc) is 3.26. The van der Waals surface area contributed by atoms with Crippen molar-refractivity contribution in [2.45, 2.75) is 51.4 Å². The lowest BCUT2D eigenvalue weighted by atomic mass is 10.2. The van der Waals surface area contributed by atoms with E-state index >= 15 is 0 Å². The van der Waals surface area contributed by atoms with Gasteiger partial charge in [0.1, 0.15) is 6.04 Å². The summed E-state index contributed by atoms with van der Waals surface area (Å²) in [5.74, 6) is -0.298. The fourth-order valence-electron chi connectivity index (χ4n) is 3.19. The van der Waals surface area contributed by atoms with Crippen molar-refractivity contribution in [3.8, 4) is 0 Å². The van der Waals surface area contributed by atoms with Crippen molar-refractivity contribution in [1.29, 1.82) is 0 Å². The van der Waals surface area contributed by atoms with E-state index in [4.69, 9.17) is 0 Å². The zero-order valence-corrected chi connectivity index (χ0v) is 17.1. The number of rotatable bonds is 5. The maximum absolute atomic E-state index is 13.3. The van der Waals surface area contributed by atoms with Crippen LogP contribution in [-0.2, 0) is 24.6 Å². The predicted molar refractivity (Wildman–Crippen MR) is 96.0 cm³/mol. The molecule has 0 aromatic carbocycles. The van der Waals surface area contributed by atoms with Gasteiger partial charge in [-0.2, -0.15) is 23.4 Å². The molecule has 0 bridgehead atoms. The lowest BCUT2D eigenvalue weighted by molar-refractivity contribution is -0.143. The van der Waals surface area contributed by atoms with Crippen LogP contribution < -0.4 is 0 Å². The van der Waals surface area contributed by atoms with Crippen molar-refractivity contribution in [3.63, 3.8) is 0 Å². The summed E-state index contributed by atoms with van der Waals surface area (Å²) in [7, 11) is 3.42. The fraction of sp³-hybridized carbons (Fsp3) is 0.588. The van der Waals surface area contributed by atoms with Crippen LogP contribution >= 0.6 is 15.9 Å². The van der Waals surface area contributed by atoms with Gasteiger partial charge in [-0.05, 0) is 42.6 Å². The lowest BCUT2D eigenvalue weighted by Crippen LogP contribution is -2.34. The van der Waals surface area contributed by atoms with Gasteiger partial charge in [-0.15, -0.1) is 0 Å². The van der Waals surface area contributed by atoms with Crippen molar-refractivity contribution in [3.05, 3.63) is 33.3 Å². The van der Waals surface area contributed by atoms with Crippen LogP contribution in [0.1, 0.15) is 54.4 Å². The van der Waals surface area contributed by atoms with E-state index in [1.807, 2.05) is 13.1 Å². The zero-order chi connectivity index (χ0) is 20.1. The van der Waals surface area contributed by atoms with Crippen LogP contribution in [0.3, 0.4) is 0 Å². The fourth-order valence-corrected chi connectivity index (χ4v) is 4.00. The number of carbonyl (C=O) groups excluding carboxylic acids is 1. The minimum Gasteiger partial charge on any atom is -0.339 e. The van der Waals surface area contributed by atoms with Gasteiger partial charge in [0.05, 0.1) is 15.9 Å². The molecule has 2 aromatic heterocycles. The summed E-state index contributed by atoms with van der Waals surface area (Å²) < 4.78 is 42.7. The van der Waals surface area contributed by atoms with E-state index in [1.54, 1.807) is 25.7 Å². The standard InChI is InChI=1S/C17H21BrF3N5O/c1-9-12(8-25(4)22-9)7-24(3)16(27)10(2)26-14(11-5-6-11)13(18)15(23-26)17(19,20)21/h8,10-11H,5-7H2,1-4H3. The van der Waals surface area contributed by atoms with E-state index < -0.39 is 17.9 Å². The van der Waals surface area contributed by atoms with Gasteiger partial charge in [-0.1, -0.05) is 0 Å². The van der Waals surface area contributed by atoms with Gasteiger partial charge in [-0.25, -0.2) is 0 Å². The Labute approximate surface area is 163 Å². The molecule has 10 heteroatoms. The van der Waals surface area contributed by atoms with Gasteiger partial charge in [-0.3, -0.25) is 14.2 Å². The van der Waals surface area contributed by atoms with E-state index in [9.17, 15) is 18.0 Å². The van der Waals surface area contributed by atoms with E-state index in [1.165, 1.54) is 9.58 Å². The second-order valence-electron chi connectivity index (χ2n) is 7.05. The molecule has 148 valence electrons. The van der Waals surface area contributed by atoms with Crippen LogP contribution in [-0.4, -0.2) is 37.4 Å². The van der Waals surface area contributed by atoms with E-state index in [2.05, 4.69) is 26.1 Å². The highest BCUT2D eigenvalue weighted by atomic mass is 79.9. The Morgan fingerprint density at radius 3 is 2.52 bits per heavy atom. The summed E-state index contributed by atoms with van der Waals surface area (Å²) in [5.41, 5.74) is 1.18. The molecule has 1 aliphatic rings. The number of likely N-dealkylation sites (N-methyl/N-ethyl adjacent to an activating group) is 1. The first kappa shape index (κ1) is 19.9. The summed E-state index contributed by atoms with van der Waals surface area (Å²) in [6.07, 6.45) is -1.15. The molecule has 1 unspecified atom stereocenters. The molecular weight excluding hydrogens is 427 g/mol. The number of amides is 1. The van der Waals surface area contributed by atoms with Crippen LogP contribution in [0.2, 0.25) is 0 Å². The molecule has 1 aliphatic carbocycles. The Morgan fingerprint density at radius 2 is 2.04 bits per heavy atom. The SMILES string of the molecule is Cc1nn(C)cc1CN(C)C(=O)C(C)n1nc(C(F)(F)F)c(Br)c1C1CC1. The molecule has 1 atom stereocenters. The molecule has 2 heterocycles. The molecule has 27 heavy (non-hydrogen) atoms. The van der Waals surface area contributed by atoms with Gasteiger partial charge in [0.15, 0.2) is 5.69 Å². The number of hydrogen-bond acceptors (Lipinski definition) is 3. The smallest absolute Gasteiger partial charge is 0.339 e. The topological polar surface area (TPSA) is 56.0 Å². The van der Waals surface area contributed by atoms with Crippen molar-refractivity contribution in [2.75, 3.05) is 7.05 Å². The summed E-state index contributed by atoms with van der Waals surface area (Å²) in [6, 6.07) is -0.838. The molecular formula is C17H21BrF3N5O. The summed E-state index contributed by atoms with van der Waals surface area (Å²) >= 11 is 3.06.